The van der Waals surface area contributed by atoms with E-state index in [0.717, 1.165) is 29.2 Å². The van der Waals surface area contributed by atoms with Gasteiger partial charge < -0.3 is 9.30 Å². The summed E-state index contributed by atoms with van der Waals surface area (Å²) in [5.41, 5.74) is 4.64. The van der Waals surface area contributed by atoms with E-state index in [1.54, 1.807) is 18.4 Å². The highest BCUT2D eigenvalue weighted by atomic mass is 35.5. The van der Waals surface area contributed by atoms with Crippen LogP contribution in [0.2, 0.25) is 0 Å². The van der Waals surface area contributed by atoms with E-state index in [4.69, 9.17) is 16.3 Å². The summed E-state index contributed by atoms with van der Waals surface area (Å²) in [6.07, 6.45) is 0. The molecule has 0 saturated carbocycles. The van der Waals surface area contributed by atoms with Crippen molar-refractivity contribution >= 4 is 34.0 Å². The number of nitrogens with zero attached hydrogens (tertiary/aromatic N) is 2. The number of hydrogen-bond donors (Lipinski definition) is 0. The molecule has 20 heavy (non-hydrogen) atoms. The molecule has 3 rings (SSSR count). The first kappa shape index (κ1) is 13.5. The summed E-state index contributed by atoms with van der Waals surface area (Å²) in [5, 5.41) is 4.35. The van der Waals surface area contributed by atoms with E-state index >= 15 is 0 Å². The van der Waals surface area contributed by atoms with Gasteiger partial charge in [0.1, 0.15) is 11.6 Å². The third-order valence-corrected chi connectivity index (χ3v) is 4.59. The van der Waals surface area contributed by atoms with Crippen LogP contribution in [0.4, 0.5) is 0 Å². The van der Waals surface area contributed by atoms with E-state index in [1.807, 2.05) is 18.2 Å². The van der Waals surface area contributed by atoms with Crippen molar-refractivity contribution in [3.05, 3.63) is 45.9 Å². The Kier molecular flexibility index (Phi) is 3.68. The molecule has 0 radical (unpaired) electrons. The Morgan fingerprint density at radius 2 is 2.20 bits per heavy atom. The zero-order chi connectivity index (χ0) is 14.1. The number of alkyl halides is 1. The van der Waals surface area contributed by atoms with Gasteiger partial charge in [0.25, 0.3) is 0 Å². The molecule has 104 valence electrons. The lowest BCUT2D eigenvalue weighted by atomic mass is 10.2. The maximum absolute atomic E-state index is 6.05. The number of aromatic nitrogens is 2. The van der Waals surface area contributed by atoms with Gasteiger partial charge in [0.15, 0.2) is 0 Å². The molecule has 0 N–H and O–H groups in total. The first-order chi connectivity index (χ1) is 9.72. The number of benzene rings is 1. The van der Waals surface area contributed by atoms with Gasteiger partial charge in [0, 0.05) is 6.07 Å². The molecule has 0 aliphatic rings. The van der Waals surface area contributed by atoms with Gasteiger partial charge in [-0.25, -0.2) is 4.98 Å². The first-order valence-corrected chi connectivity index (χ1v) is 7.81. The molecule has 2 heterocycles. The molecular weight excluding hydrogens is 292 g/mol. The Balaban J connectivity index is 2.10. The smallest absolute Gasteiger partial charge is 0.125 e. The molecule has 0 saturated heterocycles. The second-order valence-corrected chi connectivity index (χ2v) is 5.69. The second kappa shape index (κ2) is 5.46. The number of rotatable bonds is 4. The highest BCUT2D eigenvalue weighted by Gasteiger charge is 2.12. The molecule has 0 bridgehead atoms. The molecular formula is C15H15ClN2OS. The number of fused-ring (bicyclic) bond motifs is 1. The molecule has 0 spiro atoms. The normalized spacial score (nSPS) is 11.2. The lowest BCUT2D eigenvalue weighted by Gasteiger charge is -2.08. The van der Waals surface area contributed by atoms with Crippen molar-refractivity contribution in [3.8, 4) is 5.75 Å². The van der Waals surface area contributed by atoms with Gasteiger partial charge in [-0.1, -0.05) is 0 Å². The number of hydrogen-bond acceptors (Lipinski definition) is 3. The largest absolute Gasteiger partial charge is 0.497 e. The standard InChI is InChI=1S/C15H15ClN2OS/c1-10-8-20-9-11(10)7-18-14-4-3-12(19-2)5-13(14)17-15(18)6-16/h3-5,8-9H,6-7H2,1-2H3. The zero-order valence-electron chi connectivity index (χ0n) is 11.4. The van der Waals surface area contributed by atoms with Crippen LogP contribution in [0.25, 0.3) is 11.0 Å². The first-order valence-electron chi connectivity index (χ1n) is 6.33. The molecule has 0 fully saturated rings. The Bertz CT molecular complexity index is 747. The van der Waals surface area contributed by atoms with Gasteiger partial charge in [-0.05, 0) is 40.9 Å². The van der Waals surface area contributed by atoms with Gasteiger partial charge in [0.05, 0.1) is 30.6 Å². The summed E-state index contributed by atoms with van der Waals surface area (Å²) in [6.45, 7) is 2.94. The van der Waals surface area contributed by atoms with Crippen LogP contribution in [0, 0.1) is 6.92 Å². The number of ether oxygens (including phenoxy) is 1. The van der Waals surface area contributed by atoms with Crippen LogP contribution in [-0.2, 0) is 12.4 Å². The van der Waals surface area contributed by atoms with Gasteiger partial charge in [0.2, 0.25) is 0 Å². The van der Waals surface area contributed by atoms with E-state index in [1.165, 1.54) is 11.1 Å². The van der Waals surface area contributed by atoms with Crippen molar-refractivity contribution in [2.75, 3.05) is 7.11 Å². The number of aryl methyl sites for hydroxylation is 1. The lowest BCUT2D eigenvalue weighted by molar-refractivity contribution is 0.415. The Labute approximate surface area is 126 Å². The molecule has 0 amide bonds. The molecule has 2 aromatic heterocycles. The van der Waals surface area contributed by atoms with Gasteiger partial charge >= 0.3 is 0 Å². The summed E-state index contributed by atoms with van der Waals surface area (Å²) in [4.78, 5) is 4.60. The predicted octanol–water partition coefficient (Wildman–Crippen LogP) is 4.20. The molecule has 0 unspecified atom stereocenters. The average molecular weight is 307 g/mol. The quantitative estimate of drug-likeness (QED) is 0.675. The van der Waals surface area contributed by atoms with Crippen LogP contribution in [0.15, 0.2) is 29.0 Å². The third kappa shape index (κ3) is 2.30. The number of halogens is 1. The highest BCUT2D eigenvalue weighted by molar-refractivity contribution is 7.08. The minimum atomic E-state index is 0.403. The van der Waals surface area contributed by atoms with Crippen LogP contribution >= 0.6 is 22.9 Å². The van der Waals surface area contributed by atoms with Crippen molar-refractivity contribution in [2.45, 2.75) is 19.3 Å². The fourth-order valence-electron chi connectivity index (χ4n) is 2.28. The summed E-state index contributed by atoms with van der Waals surface area (Å²) < 4.78 is 7.43. The van der Waals surface area contributed by atoms with Crippen LogP contribution in [-0.4, -0.2) is 16.7 Å². The minimum Gasteiger partial charge on any atom is -0.497 e. The topological polar surface area (TPSA) is 27.1 Å². The van der Waals surface area contributed by atoms with Crippen LogP contribution < -0.4 is 4.74 Å². The average Bonchev–Trinajstić information content (AvgIpc) is 3.03. The summed E-state index contributed by atoms with van der Waals surface area (Å²) in [7, 11) is 1.66. The SMILES string of the molecule is COc1ccc2c(c1)nc(CCl)n2Cc1cscc1C. The highest BCUT2D eigenvalue weighted by Crippen LogP contribution is 2.25. The van der Waals surface area contributed by atoms with E-state index in [-0.39, 0.29) is 0 Å². The molecule has 3 nitrogen and oxygen atoms in total. The fourth-order valence-corrected chi connectivity index (χ4v) is 3.34. The van der Waals surface area contributed by atoms with Crippen molar-refractivity contribution in [1.29, 1.82) is 0 Å². The predicted molar refractivity (Wildman–Crippen MR) is 84.0 cm³/mol. The van der Waals surface area contributed by atoms with E-state index in [9.17, 15) is 0 Å². The third-order valence-electron chi connectivity index (χ3n) is 3.44. The summed E-state index contributed by atoms with van der Waals surface area (Å²) in [5.74, 6) is 2.11. The van der Waals surface area contributed by atoms with E-state index in [0.29, 0.717) is 5.88 Å². The zero-order valence-corrected chi connectivity index (χ0v) is 13.0. The number of methoxy groups -OCH3 is 1. The molecule has 1 aromatic carbocycles. The number of imidazole rings is 1. The minimum absolute atomic E-state index is 0.403. The Hall–Kier alpha value is -1.52. The number of thiophene rings is 1. The van der Waals surface area contributed by atoms with Gasteiger partial charge in [-0.2, -0.15) is 11.3 Å². The Morgan fingerprint density at radius 3 is 2.85 bits per heavy atom. The van der Waals surface area contributed by atoms with Crippen molar-refractivity contribution in [2.24, 2.45) is 0 Å². The second-order valence-electron chi connectivity index (χ2n) is 4.68. The van der Waals surface area contributed by atoms with Crippen LogP contribution in [0.3, 0.4) is 0 Å². The van der Waals surface area contributed by atoms with Crippen LogP contribution in [0.5, 0.6) is 5.75 Å². The summed E-state index contributed by atoms with van der Waals surface area (Å²) in [6, 6.07) is 5.94. The monoisotopic (exact) mass is 306 g/mol. The van der Waals surface area contributed by atoms with Crippen molar-refractivity contribution < 1.29 is 4.74 Å². The maximum atomic E-state index is 6.05. The Morgan fingerprint density at radius 1 is 1.35 bits per heavy atom. The molecule has 0 aliphatic heterocycles. The maximum Gasteiger partial charge on any atom is 0.125 e. The molecule has 3 aromatic rings. The molecule has 0 atom stereocenters. The molecule has 0 aliphatic carbocycles. The fraction of sp³-hybridized carbons (Fsp3) is 0.267. The van der Waals surface area contributed by atoms with Crippen molar-refractivity contribution in [1.82, 2.24) is 9.55 Å². The van der Waals surface area contributed by atoms with Gasteiger partial charge in [-0.15, -0.1) is 11.6 Å². The van der Waals surface area contributed by atoms with Crippen molar-refractivity contribution in [3.63, 3.8) is 0 Å². The van der Waals surface area contributed by atoms with E-state index < -0.39 is 0 Å². The van der Waals surface area contributed by atoms with Gasteiger partial charge in [-0.3, -0.25) is 0 Å². The van der Waals surface area contributed by atoms with Crippen LogP contribution in [0.1, 0.15) is 17.0 Å². The molecule has 5 heteroatoms. The summed E-state index contributed by atoms with van der Waals surface area (Å²) >= 11 is 7.77. The van der Waals surface area contributed by atoms with E-state index in [2.05, 4.69) is 27.2 Å². The lowest BCUT2D eigenvalue weighted by Crippen LogP contribution is -2.03.